The van der Waals surface area contributed by atoms with Crippen LogP contribution in [0.4, 0.5) is 0 Å². The Hall–Kier alpha value is -1.19. The fraction of sp³-hybridized carbons (Fsp3) is 0.357. The molecule has 0 aliphatic heterocycles. The molecule has 0 saturated heterocycles. The van der Waals surface area contributed by atoms with Crippen molar-refractivity contribution >= 4 is 11.3 Å². The molecule has 3 heteroatoms. The largest absolute Gasteiger partial charge is 0.308 e. The highest BCUT2D eigenvalue weighted by Gasteiger charge is 2.13. The van der Waals surface area contributed by atoms with Crippen LogP contribution < -0.4 is 5.32 Å². The molecule has 1 aromatic carbocycles. The highest BCUT2D eigenvalue weighted by Crippen LogP contribution is 2.22. The molecular formula is C14H18N2S. The van der Waals surface area contributed by atoms with E-state index in [0.29, 0.717) is 0 Å². The third kappa shape index (κ3) is 2.93. The van der Waals surface area contributed by atoms with Gasteiger partial charge in [-0.1, -0.05) is 37.6 Å². The Kier molecular flexibility index (Phi) is 4.29. The van der Waals surface area contributed by atoms with E-state index in [2.05, 4.69) is 46.9 Å². The van der Waals surface area contributed by atoms with Gasteiger partial charge in [0.2, 0.25) is 0 Å². The fourth-order valence-corrected chi connectivity index (χ4v) is 2.65. The van der Waals surface area contributed by atoms with Crippen molar-refractivity contribution in [1.29, 1.82) is 0 Å². The van der Waals surface area contributed by atoms with Gasteiger partial charge in [-0.15, -0.1) is 11.3 Å². The Morgan fingerprint density at radius 2 is 2.29 bits per heavy atom. The van der Waals surface area contributed by atoms with Crippen molar-refractivity contribution in [3.63, 3.8) is 0 Å². The summed E-state index contributed by atoms with van der Waals surface area (Å²) in [7, 11) is 1.98. The molecule has 0 radical (unpaired) electrons. The fourth-order valence-electron chi connectivity index (χ4n) is 2.07. The van der Waals surface area contributed by atoms with E-state index in [9.17, 15) is 0 Å². The third-order valence-electron chi connectivity index (χ3n) is 2.86. The number of nitrogens with one attached hydrogen (secondary N) is 1. The summed E-state index contributed by atoms with van der Waals surface area (Å²) in [5, 5.41) is 5.44. The average Bonchev–Trinajstić information content (AvgIpc) is 2.85. The van der Waals surface area contributed by atoms with Crippen molar-refractivity contribution in [3.8, 4) is 0 Å². The van der Waals surface area contributed by atoms with Gasteiger partial charge in [0.1, 0.15) is 0 Å². The predicted octanol–water partition coefficient (Wildman–Crippen LogP) is 3.40. The molecule has 1 N–H and O–H groups in total. The minimum absolute atomic E-state index is 0.207. The van der Waals surface area contributed by atoms with Gasteiger partial charge in [-0.3, -0.25) is 0 Å². The van der Waals surface area contributed by atoms with Crippen LogP contribution in [0, 0.1) is 0 Å². The topological polar surface area (TPSA) is 24.9 Å². The predicted molar refractivity (Wildman–Crippen MR) is 73.5 cm³/mol. The first kappa shape index (κ1) is 12.3. The van der Waals surface area contributed by atoms with Crippen LogP contribution in [0.1, 0.15) is 36.2 Å². The molecule has 0 aliphatic rings. The number of aryl methyl sites for hydroxylation is 1. The highest BCUT2D eigenvalue weighted by molar-refractivity contribution is 7.07. The van der Waals surface area contributed by atoms with E-state index < -0.39 is 0 Å². The summed E-state index contributed by atoms with van der Waals surface area (Å²) in [6.07, 6.45) is 2.33. The van der Waals surface area contributed by atoms with Crippen LogP contribution in [0.5, 0.6) is 0 Å². The number of thiazole rings is 1. The maximum Gasteiger partial charge on any atom is 0.0795 e. The first-order valence-electron chi connectivity index (χ1n) is 5.99. The summed E-state index contributed by atoms with van der Waals surface area (Å²) in [6, 6.07) is 8.99. The van der Waals surface area contributed by atoms with Gasteiger partial charge in [0, 0.05) is 5.38 Å². The van der Waals surface area contributed by atoms with Crippen LogP contribution >= 0.6 is 11.3 Å². The standard InChI is InChI=1S/C14H18N2S/c1-3-5-11-6-4-7-12(8-11)14(15-2)13-9-17-10-16-13/h4,6-10,14-15H,3,5H2,1-2H3. The lowest BCUT2D eigenvalue weighted by atomic mass is 10.0. The summed E-state index contributed by atoms with van der Waals surface area (Å²) < 4.78 is 0. The molecule has 1 atom stereocenters. The van der Waals surface area contributed by atoms with E-state index in [-0.39, 0.29) is 6.04 Å². The Labute approximate surface area is 107 Å². The van der Waals surface area contributed by atoms with Crippen molar-refractivity contribution in [2.75, 3.05) is 7.05 Å². The number of aromatic nitrogens is 1. The van der Waals surface area contributed by atoms with Crippen LogP contribution in [0.15, 0.2) is 35.2 Å². The van der Waals surface area contributed by atoms with Crippen LogP contribution in [0.25, 0.3) is 0 Å². The van der Waals surface area contributed by atoms with Crippen molar-refractivity contribution in [2.24, 2.45) is 0 Å². The minimum atomic E-state index is 0.207. The lowest BCUT2D eigenvalue weighted by Crippen LogP contribution is -2.18. The van der Waals surface area contributed by atoms with Gasteiger partial charge in [0.15, 0.2) is 0 Å². The Morgan fingerprint density at radius 1 is 1.41 bits per heavy atom. The SMILES string of the molecule is CCCc1cccc(C(NC)c2cscn2)c1. The second-order valence-corrected chi connectivity index (χ2v) is 4.85. The molecular weight excluding hydrogens is 228 g/mol. The van der Waals surface area contributed by atoms with Crippen LogP contribution in [0.3, 0.4) is 0 Å². The van der Waals surface area contributed by atoms with Gasteiger partial charge >= 0.3 is 0 Å². The van der Waals surface area contributed by atoms with Gasteiger partial charge in [0.25, 0.3) is 0 Å². The minimum Gasteiger partial charge on any atom is -0.308 e. The molecule has 1 aromatic heterocycles. The van der Waals surface area contributed by atoms with E-state index in [1.165, 1.54) is 17.5 Å². The van der Waals surface area contributed by atoms with Crippen LogP contribution in [-0.4, -0.2) is 12.0 Å². The Balaban J connectivity index is 2.28. The van der Waals surface area contributed by atoms with E-state index in [4.69, 9.17) is 0 Å². The van der Waals surface area contributed by atoms with Crippen LogP contribution in [-0.2, 0) is 6.42 Å². The molecule has 0 aliphatic carbocycles. The molecule has 17 heavy (non-hydrogen) atoms. The summed E-state index contributed by atoms with van der Waals surface area (Å²) in [4.78, 5) is 4.40. The van der Waals surface area contributed by atoms with E-state index in [1.807, 2.05) is 12.6 Å². The van der Waals surface area contributed by atoms with Crippen molar-refractivity contribution in [3.05, 3.63) is 52.0 Å². The summed E-state index contributed by atoms with van der Waals surface area (Å²) in [5.74, 6) is 0. The zero-order valence-electron chi connectivity index (χ0n) is 10.3. The van der Waals surface area contributed by atoms with E-state index in [1.54, 1.807) is 11.3 Å². The normalized spacial score (nSPS) is 12.6. The highest BCUT2D eigenvalue weighted by atomic mass is 32.1. The van der Waals surface area contributed by atoms with Gasteiger partial charge in [0.05, 0.1) is 17.2 Å². The van der Waals surface area contributed by atoms with Gasteiger partial charge in [-0.2, -0.15) is 0 Å². The molecule has 0 spiro atoms. The molecule has 0 bridgehead atoms. The molecule has 2 aromatic rings. The quantitative estimate of drug-likeness (QED) is 0.874. The second kappa shape index (κ2) is 5.94. The molecule has 2 nitrogen and oxygen atoms in total. The van der Waals surface area contributed by atoms with E-state index >= 15 is 0 Å². The summed E-state index contributed by atoms with van der Waals surface area (Å²) >= 11 is 1.64. The maximum atomic E-state index is 4.40. The summed E-state index contributed by atoms with van der Waals surface area (Å²) in [5.41, 5.74) is 5.69. The zero-order chi connectivity index (χ0) is 12.1. The molecule has 0 amide bonds. The number of benzene rings is 1. The third-order valence-corrected chi connectivity index (χ3v) is 3.46. The summed E-state index contributed by atoms with van der Waals surface area (Å²) in [6.45, 7) is 2.21. The number of nitrogens with zero attached hydrogens (tertiary/aromatic N) is 1. The van der Waals surface area contributed by atoms with E-state index in [0.717, 1.165) is 12.1 Å². The first-order chi connectivity index (χ1) is 8.35. The lowest BCUT2D eigenvalue weighted by Gasteiger charge is -2.15. The smallest absolute Gasteiger partial charge is 0.0795 e. The number of rotatable bonds is 5. The van der Waals surface area contributed by atoms with Crippen molar-refractivity contribution in [2.45, 2.75) is 25.8 Å². The first-order valence-corrected chi connectivity index (χ1v) is 6.93. The molecule has 1 heterocycles. The molecule has 0 fully saturated rings. The average molecular weight is 246 g/mol. The number of hydrogen-bond acceptors (Lipinski definition) is 3. The lowest BCUT2D eigenvalue weighted by molar-refractivity contribution is 0.674. The van der Waals surface area contributed by atoms with Crippen LogP contribution in [0.2, 0.25) is 0 Å². The van der Waals surface area contributed by atoms with Crippen molar-refractivity contribution in [1.82, 2.24) is 10.3 Å². The second-order valence-electron chi connectivity index (χ2n) is 4.13. The molecule has 0 saturated carbocycles. The molecule has 2 rings (SSSR count). The van der Waals surface area contributed by atoms with Gasteiger partial charge in [-0.25, -0.2) is 4.98 Å². The molecule has 90 valence electrons. The monoisotopic (exact) mass is 246 g/mol. The molecule has 1 unspecified atom stereocenters. The van der Waals surface area contributed by atoms with Gasteiger partial charge < -0.3 is 5.32 Å². The Morgan fingerprint density at radius 3 is 2.94 bits per heavy atom. The van der Waals surface area contributed by atoms with Gasteiger partial charge in [-0.05, 0) is 24.6 Å². The van der Waals surface area contributed by atoms with Crippen molar-refractivity contribution < 1.29 is 0 Å². The Bertz CT molecular complexity index is 451. The maximum absolute atomic E-state index is 4.40. The zero-order valence-corrected chi connectivity index (χ0v) is 11.1. The number of hydrogen-bond donors (Lipinski definition) is 1.